The Labute approximate surface area is 175 Å². The van der Waals surface area contributed by atoms with Gasteiger partial charge in [0.25, 0.3) is 5.91 Å². The number of benzene rings is 1. The molecule has 31 heavy (non-hydrogen) atoms. The van der Waals surface area contributed by atoms with Crippen LogP contribution in [0.5, 0.6) is 11.5 Å². The Morgan fingerprint density at radius 1 is 1.23 bits per heavy atom. The van der Waals surface area contributed by atoms with Crippen molar-refractivity contribution in [2.75, 3.05) is 25.0 Å². The molecule has 3 aliphatic rings. The number of urea groups is 1. The first kappa shape index (κ1) is 19.2. The molecule has 5 rings (SSSR count). The topological polar surface area (TPSA) is 96.4 Å². The zero-order chi connectivity index (χ0) is 21.5. The SMILES string of the molecule is O=C1COc2cc(F)c(OC3CN(C(=O)N4N=CCC4c4cncc(F)c4)C3)cc2N1. The van der Waals surface area contributed by atoms with E-state index in [4.69, 9.17) is 9.47 Å². The van der Waals surface area contributed by atoms with E-state index >= 15 is 0 Å². The number of ether oxygens (including phenoxy) is 2. The van der Waals surface area contributed by atoms with Gasteiger partial charge < -0.3 is 19.7 Å². The summed E-state index contributed by atoms with van der Waals surface area (Å²) in [6, 6.07) is 3.06. The van der Waals surface area contributed by atoms with Gasteiger partial charge in [-0.2, -0.15) is 5.10 Å². The molecule has 3 aliphatic heterocycles. The molecular weight excluding hydrogens is 412 g/mol. The van der Waals surface area contributed by atoms with Gasteiger partial charge in [0.05, 0.1) is 31.0 Å². The number of likely N-dealkylation sites (tertiary alicyclic amines) is 1. The molecule has 0 spiro atoms. The minimum Gasteiger partial charge on any atom is -0.484 e. The third kappa shape index (κ3) is 3.62. The Bertz CT molecular complexity index is 1090. The van der Waals surface area contributed by atoms with Crippen LogP contribution in [0.2, 0.25) is 0 Å². The summed E-state index contributed by atoms with van der Waals surface area (Å²) in [6.07, 6.45) is 4.24. The number of nitrogens with zero attached hydrogens (tertiary/aromatic N) is 4. The fourth-order valence-corrected chi connectivity index (χ4v) is 3.65. The van der Waals surface area contributed by atoms with Crippen molar-refractivity contribution in [2.45, 2.75) is 18.6 Å². The molecule has 1 aromatic carbocycles. The highest BCUT2D eigenvalue weighted by molar-refractivity contribution is 5.95. The van der Waals surface area contributed by atoms with Gasteiger partial charge in [-0.05, 0) is 11.6 Å². The van der Waals surface area contributed by atoms with Gasteiger partial charge >= 0.3 is 6.03 Å². The smallest absolute Gasteiger partial charge is 0.341 e. The number of carbonyl (C=O) groups excluding carboxylic acids is 2. The monoisotopic (exact) mass is 429 g/mol. The number of nitrogens with one attached hydrogen (secondary N) is 1. The molecule has 0 aliphatic carbocycles. The minimum atomic E-state index is -0.623. The lowest BCUT2D eigenvalue weighted by Gasteiger charge is -2.41. The number of halogens is 2. The first-order valence-corrected chi connectivity index (χ1v) is 9.62. The van der Waals surface area contributed by atoms with E-state index in [2.05, 4.69) is 15.4 Å². The number of aromatic nitrogens is 1. The number of anilines is 1. The summed E-state index contributed by atoms with van der Waals surface area (Å²) >= 11 is 0. The number of hydrazone groups is 1. The largest absolute Gasteiger partial charge is 0.484 e. The highest BCUT2D eigenvalue weighted by atomic mass is 19.1. The molecule has 1 unspecified atom stereocenters. The lowest BCUT2D eigenvalue weighted by atomic mass is 10.1. The van der Waals surface area contributed by atoms with Crippen molar-refractivity contribution >= 4 is 23.8 Å². The third-order valence-electron chi connectivity index (χ3n) is 5.22. The molecule has 3 amide bonds. The predicted octanol–water partition coefficient (Wildman–Crippen LogP) is 2.31. The summed E-state index contributed by atoms with van der Waals surface area (Å²) < 4.78 is 38.6. The maximum Gasteiger partial charge on any atom is 0.341 e. The van der Waals surface area contributed by atoms with Crippen LogP contribution in [0, 0.1) is 11.6 Å². The van der Waals surface area contributed by atoms with E-state index in [1.807, 2.05) is 0 Å². The first-order chi connectivity index (χ1) is 15.0. The highest BCUT2D eigenvalue weighted by Gasteiger charge is 2.39. The second-order valence-electron chi connectivity index (χ2n) is 7.37. The summed E-state index contributed by atoms with van der Waals surface area (Å²) in [6.45, 7) is 0.300. The van der Waals surface area contributed by atoms with Crippen LogP contribution in [-0.4, -0.2) is 58.8 Å². The lowest BCUT2D eigenvalue weighted by Crippen LogP contribution is -2.58. The Kier molecular flexibility index (Phi) is 4.64. The average Bonchev–Trinajstić information content (AvgIpc) is 3.20. The number of carbonyl (C=O) groups is 2. The normalized spacial score (nSPS) is 20.1. The van der Waals surface area contributed by atoms with Crippen LogP contribution in [0.1, 0.15) is 18.0 Å². The Morgan fingerprint density at radius 2 is 2.06 bits per heavy atom. The Hall–Kier alpha value is -3.76. The van der Waals surface area contributed by atoms with E-state index in [9.17, 15) is 18.4 Å². The van der Waals surface area contributed by atoms with Crippen molar-refractivity contribution in [3.05, 3.63) is 47.8 Å². The Balaban J connectivity index is 1.22. The maximum atomic E-state index is 14.3. The first-order valence-electron chi connectivity index (χ1n) is 9.62. The molecule has 9 nitrogen and oxygen atoms in total. The summed E-state index contributed by atoms with van der Waals surface area (Å²) in [5.41, 5.74) is 0.887. The lowest BCUT2D eigenvalue weighted by molar-refractivity contribution is -0.118. The van der Waals surface area contributed by atoms with Gasteiger partial charge in [0.2, 0.25) is 0 Å². The van der Waals surface area contributed by atoms with Crippen LogP contribution >= 0.6 is 0 Å². The van der Waals surface area contributed by atoms with Crippen molar-refractivity contribution in [1.82, 2.24) is 14.9 Å². The van der Waals surface area contributed by atoms with Gasteiger partial charge in [-0.15, -0.1) is 0 Å². The maximum absolute atomic E-state index is 14.3. The molecule has 11 heteroatoms. The van der Waals surface area contributed by atoms with Crippen molar-refractivity contribution < 1.29 is 27.8 Å². The number of fused-ring (bicyclic) bond motifs is 1. The van der Waals surface area contributed by atoms with Crippen LogP contribution in [-0.2, 0) is 4.79 Å². The molecule has 160 valence electrons. The van der Waals surface area contributed by atoms with E-state index in [0.717, 1.165) is 12.3 Å². The number of amides is 3. The molecule has 2 aromatic rings. The molecular formula is C20H17F2N5O4. The second-order valence-corrected chi connectivity index (χ2v) is 7.37. The van der Waals surface area contributed by atoms with Crippen molar-refractivity contribution in [1.29, 1.82) is 0 Å². The highest BCUT2D eigenvalue weighted by Crippen LogP contribution is 2.35. The van der Waals surface area contributed by atoms with Gasteiger partial charge in [0.15, 0.2) is 18.2 Å². The van der Waals surface area contributed by atoms with Crippen molar-refractivity contribution in [2.24, 2.45) is 5.10 Å². The molecule has 0 bridgehead atoms. The molecule has 4 heterocycles. The molecule has 0 radical (unpaired) electrons. The summed E-state index contributed by atoms with van der Waals surface area (Å²) in [5.74, 6) is -1.24. The second kappa shape index (κ2) is 7.49. The summed E-state index contributed by atoms with van der Waals surface area (Å²) in [4.78, 5) is 29.6. The van der Waals surface area contributed by atoms with Gasteiger partial charge in [-0.1, -0.05) is 0 Å². The van der Waals surface area contributed by atoms with Gasteiger partial charge in [-0.3, -0.25) is 9.78 Å². The van der Waals surface area contributed by atoms with E-state index in [1.54, 1.807) is 6.21 Å². The molecule has 1 aromatic heterocycles. The summed E-state index contributed by atoms with van der Waals surface area (Å²) in [5, 5.41) is 8.00. The van der Waals surface area contributed by atoms with Crippen LogP contribution in [0.4, 0.5) is 19.3 Å². The molecule has 1 atom stereocenters. The van der Waals surface area contributed by atoms with Crippen LogP contribution in [0.25, 0.3) is 0 Å². The predicted molar refractivity (Wildman–Crippen MR) is 104 cm³/mol. The molecule has 1 fully saturated rings. The number of rotatable bonds is 3. The summed E-state index contributed by atoms with van der Waals surface area (Å²) in [7, 11) is 0. The number of hydrogen-bond acceptors (Lipinski definition) is 6. The Morgan fingerprint density at radius 3 is 2.87 bits per heavy atom. The standard InChI is InChI=1S/C20H17F2N5O4/c21-12-3-11(6-23-7-12)16-1-2-24-27(16)20(29)26-8-13(9-26)31-17-5-15-18(4-14(17)22)30-10-19(28)25-15/h2-7,13,16H,1,8-10H2,(H,25,28). The van der Waals surface area contributed by atoms with Gasteiger partial charge in [0.1, 0.15) is 17.7 Å². The molecule has 1 saturated heterocycles. The van der Waals surface area contributed by atoms with Crippen LogP contribution in [0.15, 0.2) is 35.7 Å². The minimum absolute atomic E-state index is 0.0375. The fourth-order valence-electron chi connectivity index (χ4n) is 3.65. The van der Waals surface area contributed by atoms with Crippen molar-refractivity contribution in [3.8, 4) is 11.5 Å². The molecule has 0 saturated carbocycles. The molecule has 1 N–H and O–H groups in total. The number of hydrogen-bond donors (Lipinski definition) is 1. The average molecular weight is 429 g/mol. The fraction of sp³-hybridized carbons (Fsp3) is 0.300. The van der Waals surface area contributed by atoms with E-state index in [0.29, 0.717) is 17.7 Å². The van der Waals surface area contributed by atoms with E-state index in [1.165, 1.54) is 28.2 Å². The van der Waals surface area contributed by atoms with Crippen LogP contribution < -0.4 is 14.8 Å². The number of pyridine rings is 1. The zero-order valence-electron chi connectivity index (χ0n) is 16.1. The van der Waals surface area contributed by atoms with E-state index in [-0.39, 0.29) is 43.1 Å². The van der Waals surface area contributed by atoms with Crippen molar-refractivity contribution in [3.63, 3.8) is 0 Å². The van der Waals surface area contributed by atoms with E-state index < -0.39 is 23.8 Å². The van der Waals surface area contributed by atoms with Gasteiger partial charge in [0, 0.05) is 31.0 Å². The van der Waals surface area contributed by atoms with Crippen LogP contribution in [0.3, 0.4) is 0 Å². The zero-order valence-corrected chi connectivity index (χ0v) is 16.1. The quantitative estimate of drug-likeness (QED) is 0.808. The van der Waals surface area contributed by atoms with Gasteiger partial charge in [-0.25, -0.2) is 18.6 Å². The third-order valence-corrected chi connectivity index (χ3v) is 5.22.